The predicted molar refractivity (Wildman–Crippen MR) is 81.4 cm³/mol. The van der Waals surface area contributed by atoms with E-state index in [0.29, 0.717) is 25.4 Å². The number of amidine groups is 1. The molecule has 2 aliphatic rings. The van der Waals surface area contributed by atoms with Crippen LogP contribution in [0.2, 0.25) is 0 Å². The molecule has 0 aliphatic carbocycles. The zero-order valence-corrected chi connectivity index (χ0v) is 12.4. The number of hydrogen-bond acceptors (Lipinski definition) is 5. The fourth-order valence-corrected chi connectivity index (χ4v) is 2.47. The second kappa shape index (κ2) is 6.15. The predicted octanol–water partition coefficient (Wildman–Crippen LogP) is 0.184. The summed E-state index contributed by atoms with van der Waals surface area (Å²) < 4.78 is 5.43. The highest BCUT2D eigenvalue weighted by molar-refractivity contribution is 6.39. The average Bonchev–Trinajstić information content (AvgIpc) is 2.55. The van der Waals surface area contributed by atoms with Gasteiger partial charge in [0, 0.05) is 13.1 Å². The minimum absolute atomic E-state index is 0.00810. The van der Waals surface area contributed by atoms with Crippen LogP contribution in [0.1, 0.15) is 6.92 Å². The smallest absolute Gasteiger partial charge is 0.290 e. The van der Waals surface area contributed by atoms with Crippen LogP contribution in [0.15, 0.2) is 35.3 Å². The third-order valence-corrected chi connectivity index (χ3v) is 3.58. The molecule has 1 saturated heterocycles. The third-order valence-electron chi connectivity index (χ3n) is 3.58. The van der Waals surface area contributed by atoms with E-state index in [0.717, 1.165) is 0 Å². The Kier molecular flexibility index (Phi) is 4.06. The number of nitrogens with one attached hydrogen (secondary N) is 1. The summed E-state index contributed by atoms with van der Waals surface area (Å²) in [5, 5.41) is 1.37. The monoisotopic (exact) mass is 302 g/mol. The van der Waals surface area contributed by atoms with Crippen LogP contribution >= 0.6 is 0 Å². The molecule has 2 aliphatic heterocycles. The van der Waals surface area contributed by atoms with E-state index in [1.54, 1.807) is 17.0 Å². The number of amides is 2. The average molecular weight is 302 g/mol. The minimum Gasteiger partial charge on any atom is -0.375 e. The second-order valence-corrected chi connectivity index (χ2v) is 5.27. The van der Waals surface area contributed by atoms with Crippen LogP contribution in [-0.2, 0) is 14.3 Å². The van der Waals surface area contributed by atoms with E-state index in [1.807, 2.05) is 25.1 Å². The number of rotatable bonds is 2. The van der Waals surface area contributed by atoms with Gasteiger partial charge < -0.3 is 9.64 Å². The van der Waals surface area contributed by atoms with E-state index in [4.69, 9.17) is 4.74 Å². The quantitative estimate of drug-likeness (QED) is 0.846. The lowest BCUT2D eigenvalue weighted by atomic mass is 10.2. The number of nitrogens with zero attached hydrogens (tertiary/aromatic N) is 3. The fraction of sp³-hybridized carbons (Fsp3) is 0.400. The minimum atomic E-state index is -0.205. The Labute approximate surface area is 128 Å². The van der Waals surface area contributed by atoms with E-state index >= 15 is 0 Å². The highest BCUT2D eigenvalue weighted by Gasteiger charge is 2.30. The first-order chi connectivity index (χ1) is 10.6. The topological polar surface area (TPSA) is 74.2 Å². The number of carbonyl (C=O) groups excluding carboxylic acids is 2. The molecule has 2 heterocycles. The van der Waals surface area contributed by atoms with Gasteiger partial charge >= 0.3 is 0 Å². The van der Waals surface area contributed by atoms with Crippen molar-refractivity contribution in [1.82, 2.24) is 10.3 Å². The molecule has 22 heavy (non-hydrogen) atoms. The number of anilines is 1. The summed E-state index contributed by atoms with van der Waals surface area (Å²) in [6.07, 6.45) is 0.00810. The first kappa shape index (κ1) is 14.5. The molecular formula is C15H18N4O3. The van der Waals surface area contributed by atoms with Crippen molar-refractivity contribution in [2.45, 2.75) is 13.0 Å². The lowest BCUT2D eigenvalue weighted by Gasteiger charge is -2.34. The van der Waals surface area contributed by atoms with Gasteiger partial charge in [-0.2, -0.15) is 0 Å². The summed E-state index contributed by atoms with van der Waals surface area (Å²) in [6.45, 7) is 3.46. The number of morpholine rings is 1. The molecule has 0 radical (unpaired) electrons. The van der Waals surface area contributed by atoms with E-state index in [-0.39, 0.29) is 30.3 Å². The molecule has 1 atom stereocenters. The standard InChI is InChI=1S/C15H18N4O3/c1-11-10-18(7-8-22-11)15(21)14-16-9-13(20)19(17-14)12-5-3-2-4-6-12/h2-6,11H,7-10H2,1H3,(H,16,17)/t11-/m1/s1. The van der Waals surface area contributed by atoms with Crippen molar-refractivity contribution in [3.63, 3.8) is 0 Å². The van der Waals surface area contributed by atoms with Crippen molar-refractivity contribution in [2.75, 3.05) is 31.3 Å². The Hall–Kier alpha value is -2.41. The van der Waals surface area contributed by atoms with Gasteiger partial charge in [-0.1, -0.05) is 18.2 Å². The van der Waals surface area contributed by atoms with Crippen LogP contribution in [0.4, 0.5) is 5.69 Å². The zero-order chi connectivity index (χ0) is 15.5. The highest BCUT2D eigenvalue weighted by atomic mass is 16.5. The summed E-state index contributed by atoms with van der Waals surface area (Å²) in [4.78, 5) is 30.3. The van der Waals surface area contributed by atoms with E-state index < -0.39 is 0 Å². The first-order valence-electron chi connectivity index (χ1n) is 7.25. The highest BCUT2D eigenvalue weighted by Crippen LogP contribution is 2.14. The zero-order valence-electron chi connectivity index (χ0n) is 12.4. The van der Waals surface area contributed by atoms with Crippen molar-refractivity contribution >= 4 is 23.3 Å². The molecule has 1 aromatic carbocycles. The van der Waals surface area contributed by atoms with Crippen LogP contribution < -0.4 is 10.4 Å². The number of aliphatic imine (C=N–C) groups is 1. The molecule has 116 valence electrons. The van der Waals surface area contributed by atoms with Gasteiger partial charge in [0.2, 0.25) is 5.84 Å². The van der Waals surface area contributed by atoms with Crippen LogP contribution in [-0.4, -0.2) is 54.9 Å². The summed E-state index contributed by atoms with van der Waals surface area (Å²) in [6, 6.07) is 9.14. The maximum atomic E-state index is 12.5. The summed E-state index contributed by atoms with van der Waals surface area (Å²) in [5.74, 6) is -0.209. The molecule has 7 heteroatoms. The van der Waals surface area contributed by atoms with Gasteiger partial charge in [0.15, 0.2) is 0 Å². The van der Waals surface area contributed by atoms with Crippen LogP contribution in [0.25, 0.3) is 0 Å². The van der Waals surface area contributed by atoms with Crippen molar-refractivity contribution < 1.29 is 14.3 Å². The summed E-state index contributed by atoms with van der Waals surface area (Å²) >= 11 is 0. The molecule has 2 amide bonds. The number of ether oxygens (including phenoxy) is 1. The molecule has 7 nitrogen and oxygen atoms in total. The summed E-state index contributed by atoms with van der Waals surface area (Å²) in [5.41, 5.74) is 3.52. The molecule has 0 saturated carbocycles. The second-order valence-electron chi connectivity index (χ2n) is 5.27. The molecule has 1 aromatic rings. The van der Waals surface area contributed by atoms with Crippen LogP contribution in [0.5, 0.6) is 0 Å². The molecule has 3 rings (SSSR count). The maximum Gasteiger partial charge on any atom is 0.290 e. The molecular weight excluding hydrogens is 284 g/mol. The maximum absolute atomic E-state index is 12.5. The van der Waals surface area contributed by atoms with Gasteiger partial charge in [-0.25, -0.2) is 5.01 Å². The number of para-hydroxylation sites is 1. The Balaban J connectivity index is 1.75. The van der Waals surface area contributed by atoms with Gasteiger partial charge in [-0.05, 0) is 19.1 Å². The molecule has 0 bridgehead atoms. The molecule has 0 aromatic heterocycles. The number of benzene rings is 1. The number of hydrogen-bond donors (Lipinski definition) is 1. The number of hydrazine groups is 1. The van der Waals surface area contributed by atoms with E-state index in [9.17, 15) is 9.59 Å². The van der Waals surface area contributed by atoms with Crippen LogP contribution in [0, 0.1) is 0 Å². The lowest BCUT2D eigenvalue weighted by molar-refractivity contribution is -0.131. The van der Waals surface area contributed by atoms with Gasteiger partial charge in [-0.3, -0.25) is 20.0 Å². The SMILES string of the molecule is C[C@@H]1CN(C(=O)C2=NCC(=O)N(c3ccccc3)N2)CCO1. The van der Waals surface area contributed by atoms with Crippen molar-refractivity contribution in [3.8, 4) is 0 Å². The van der Waals surface area contributed by atoms with Gasteiger partial charge in [0.05, 0.1) is 18.4 Å². The van der Waals surface area contributed by atoms with Gasteiger partial charge in [0.1, 0.15) is 6.54 Å². The Morgan fingerprint density at radius 2 is 2.14 bits per heavy atom. The van der Waals surface area contributed by atoms with Crippen molar-refractivity contribution in [3.05, 3.63) is 30.3 Å². The molecule has 0 spiro atoms. The van der Waals surface area contributed by atoms with E-state index in [2.05, 4.69) is 10.4 Å². The molecule has 1 fully saturated rings. The van der Waals surface area contributed by atoms with Gasteiger partial charge in [0.25, 0.3) is 11.8 Å². The fourth-order valence-electron chi connectivity index (χ4n) is 2.47. The largest absolute Gasteiger partial charge is 0.375 e. The van der Waals surface area contributed by atoms with Crippen molar-refractivity contribution in [2.24, 2.45) is 4.99 Å². The Morgan fingerprint density at radius 3 is 2.86 bits per heavy atom. The Bertz CT molecular complexity index is 602. The lowest BCUT2D eigenvalue weighted by Crippen LogP contribution is -2.58. The normalized spacial score (nSPS) is 22.1. The van der Waals surface area contributed by atoms with E-state index in [1.165, 1.54) is 5.01 Å². The van der Waals surface area contributed by atoms with Crippen molar-refractivity contribution in [1.29, 1.82) is 0 Å². The van der Waals surface area contributed by atoms with Gasteiger partial charge in [-0.15, -0.1) is 0 Å². The first-order valence-corrected chi connectivity index (χ1v) is 7.25. The number of carbonyl (C=O) groups is 2. The summed E-state index contributed by atoms with van der Waals surface area (Å²) in [7, 11) is 0. The molecule has 0 unspecified atom stereocenters. The third kappa shape index (κ3) is 2.94. The molecule has 1 N–H and O–H groups in total. The van der Waals surface area contributed by atoms with Crippen LogP contribution in [0.3, 0.4) is 0 Å². The Morgan fingerprint density at radius 1 is 1.36 bits per heavy atom.